The Morgan fingerprint density at radius 3 is 2.81 bits per heavy atom. The molecule has 0 aliphatic heterocycles. The monoisotopic (exact) mass is 244 g/mol. The summed E-state index contributed by atoms with van der Waals surface area (Å²) in [6.45, 7) is 4.31. The van der Waals surface area contributed by atoms with Crippen LogP contribution in [0.25, 0.3) is 0 Å². The van der Waals surface area contributed by atoms with Crippen LogP contribution in [0, 0.1) is 11.8 Å². The molecule has 2 atom stereocenters. The lowest BCUT2D eigenvalue weighted by Crippen LogP contribution is -2.35. The highest BCUT2D eigenvalue weighted by molar-refractivity contribution is 6.26. The SMILES string of the molecule is CC(C)COC(=O)C1C=CC(N)(Cl)C=C1N. The number of ether oxygens (including phenoxy) is 1. The summed E-state index contributed by atoms with van der Waals surface area (Å²) in [5, 5.41) is 0. The van der Waals surface area contributed by atoms with Gasteiger partial charge in [-0.25, -0.2) is 0 Å². The molecule has 0 bridgehead atoms. The molecule has 5 heteroatoms. The highest BCUT2D eigenvalue weighted by Gasteiger charge is 2.28. The molecule has 4 N–H and O–H groups in total. The third kappa shape index (κ3) is 3.54. The van der Waals surface area contributed by atoms with Crippen LogP contribution in [0.3, 0.4) is 0 Å². The Hall–Kier alpha value is -1.00. The highest BCUT2D eigenvalue weighted by Crippen LogP contribution is 2.24. The zero-order chi connectivity index (χ0) is 12.3. The molecule has 0 aromatic heterocycles. The van der Waals surface area contributed by atoms with Gasteiger partial charge in [0.1, 0.15) is 10.9 Å². The van der Waals surface area contributed by atoms with Gasteiger partial charge in [0.25, 0.3) is 0 Å². The van der Waals surface area contributed by atoms with E-state index in [1.54, 1.807) is 6.08 Å². The van der Waals surface area contributed by atoms with Crippen LogP contribution in [-0.2, 0) is 9.53 Å². The lowest BCUT2D eigenvalue weighted by Gasteiger charge is -2.23. The smallest absolute Gasteiger partial charge is 0.318 e. The summed E-state index contributed by atoms with van der Waals surface area (Å²) >= 11 is 5.85. The van der Waals surface area contributed by atoms with Gasteiger partial charge in [-0.15, -0.1) is 0 Å². The second-order valence-corrected chi connectivity index (χ2v) is 4.99. The summed E-state index contributed by atoms with van der Waals surface area (Å²) in [4.78, 5) is 10.5. The lowest BCUT2D eigenvalue weighted by molar-refractivity contribution is -0.146. The second-order valence-electron chi connectivity index (χ2n) is 4.33. The van der Waals surface area contributed by atoms with E-state index in [4.69, 9.17) is 27.8 Å². The number of nitrogens with two attached hydrogens (primary N) is 2. The fourth-order valence-electron chi connectivity index (χ4n) is 1.30. The van der Waals surface area contributed by atoms with Crippen molar-refractivity contribution < 1.29 is 9.53 Å². The molecule has 0 spiro atoms. The van der Waals surface area contributed by atoms with E-state index in [9.17, 15) is 4.79 Å². The van der Waals surface area contributed by atoms with E-state index >= 15 is 0 Å². The number of carbonyl (C=O) groups excluding carboxylic acids is 1. The van der Waals surface area contributed by atoms with Crippen molar-refractivity contribution in [3.05, 3.63) is 23.9 Å². The molecule has 0 aromatic carbocycles. The van der Waals surface area contributed by atoms with Crippen LogP contribution in [-0.4, -0.2) is 17.6 Å². The third-order valence-corrected chi connectivity index (χ3v) is 2.34. The Bertz CT molecular complexity index is 335. The number of esters is 1. The van der Waals surface area contributed by atoms with Gasteiger partial charge in [-0.1, -0.05) is 31.5 Å². The van der Waals surface area contributed by atoms with Gasteiger partial charge in [0.2, 0.25) is 0 Å². The summed E-state index contributed by atoms with van der Waals surface area (Å²) < 4.78 is 5.09. The summed E-state index contributed by atoms with van der Waals surface area (Å²) in [5.41, 5.74) is 11.7. The molecule has 1 rings (SSSR count). The van der Waals surface area contributed by atoms with E-state index in [0.717, 1.165) is 0 Å². The first-order chi connectivity index (χ1) is 7.32. The van der Waals surface area contributed by atoms with Gasteiger partial charge >= 0.3 is 5.97 Å². The van der Waals surface area contributed by atoms with E-state index < -0.39 is 10.9 Å². The van der Waals surface area contributed by atoms with Crippen molar-refractivity contribution in [1.82, 2.24) is 0 Å². The minimum atomic E-state index is -1.10. The Balaban J connectivity index is 2.63. The van der Waals surface area contributed by atoms with E-state index in [1.807, 2.05) is 13.8 Å². The number of carbonyl (C=O) groups is 1. The normalized spacial score (nSPS) is 29.1. The Morgan fingerprint density at radius 1 is 1.69 bits per heavy atom. The topological polar surface area (TPSA) is 78.3 Å². The predicted octanol–water partition coefficient (Wildman–Crippen LogP) is 1.11. The minimum absolute atomic E-state index is 0.295. The number of halogens is 1. The molecule has 4 nitrogen and oxygen atoms in total. The van der Waals surface area contributed by atoms with Crippen LogP contribution in [0.1, 0.15) is 13.8 Å². The van der Waals surface area contributed by atoms with Crippen molar-refractivity contribution in [2.45, 2.75) is 18.8 Å². The summed E-state index contributed by atoms with van der Waals surface area (Å²) in [5.74, 6) is -0.650. The van der Waals surface area contributed by atoms with Gasteiger partial charge in [-0.3, -0.25) is 4.79 Å². The Morgan fingerprint density at radius 2 is 2.31 bits per heavy atom. The molecule has 0 radical (unpaired) electrons. The van der Waals surface area contributed by atoms with Crippen molar-refractivity contribution in [2.24, 2.45) is 23.3 Å². The number of alkyl halides is 1. The molecule has 1 aliphatic rings. The summed E-state index contributed by atoms with van der Waals surface area (Å²) in [6, 6.07) is 0. The van der Waals surface area contributed by atoms with Crippen LogP contribution in [0.4, 0.5) is 0 Å². The largest absolute Gasteiger partial charge is 0.465 e. The molecule has 0 amide bonds. The average molecular weight is 245 g/mol. The maximum absolute atomic E-state index is 11.6. The first-order valence-corrected chi connectivity index (χ1v) is 5.51. The van der Waals surface area contributed by atoms with Crippen LogP contribution < -0.4 is 11.5 Å². The van der Waals surface area contributed by atoms with Crippen LogP contribution in [0.2, 0.25) is 0 Å². The van der Waals surface area contributed by atoms with Crippen molar-refractivity contribution in [3.63, 3.8) is 0 Å². The molecule has 90 valence electrons. The molecule has 1 aliphatic carbocycles. The molecule has 0 heterocycles. The lowest BCUT2D eigenvalue weighted by atomic mass is 9.97. The summed E-state index contributed by atoms with van der Waals surface area (Å²) in [7, 11) is 0. The fourth-order valence-corrected chi connectivity index (χ4v) is 1.50. The highest BCUT2D eigenvalue weighted by atomic mass is 35.5. The van der Waals surface area contributed by atoms with E-state index in [-0.39, 0.29) is 5.97 Å². The number of hydrogen-bond acceptors (Lipinski definition) is 4. The molecular formula is C11H17ClN2O2. The van der Waals surface area contributed by atoms with Gasteiger partial charge in [0.15, 0.2) is 0 Å². The van der Waals surface area contributed by atoms with Crippen LogP contribution in [0.5, 0.6) is 0 Å². The minimum Gasteiger partial charge on any atom is -0.465 e. The van der Waals surface area contributed by atoms with Crippen molar-refractivity contribution in [1.29, 1.82) is 0 Å². The van der Waals surface area contributed by atoms with Gasteiger partial charge in [-0.2, -0.15) is 0 Å². The first-order valence-electron chi connectivity index (χ1n) is 5.14. The maximum atomic E-state index is 11.6. The Labute approximate surface area is 100 Å². The van der Waals surface area contributed by atoms with Gasteiger partial charge in [-0.05, 0) is 18.1 Å². The van der Waals surface area contributed by atoms with Crippen LogP contribution in [0.15, 0.2) is 23.9 Å². The maximum Gasteiger partial charge on any atom is 0.318 e. The standard InChI is InChI=1S/C11H17ClN2O2/c1-7(2)6-16-10(15)8-3-4-11(12,14)5-9(8)13/h3-5,7-8H,6,13-14H2,1-2H3. The van der Waals surface area contributed by atoms with Gasteiger partial charge in [0, 0.05) is 5.70 Å². The molecule has 0 fully saturated rings. The van der Waals surface area contributed by atoms with E-state index in [1.165, 1.54) is 12.2 Å². The molecule has 16 heavy (non-hydrogen) atoms. The molecule has 0 saturated heterocycles. The van der Waals surface area contributed by atoms with Gasteiger partial charge < -0.3 is 16.2 Å². The molecule has 2 unspecified atom stereocenters. The third-order valence-electron chi connectivity index (χ3n) is 2.10. The van der Waals surface area contributed by atoms with Crippen LogP contribution >= 0.6 is 11.6 Å². The predicted molar refractivity (Wildman–Crippen MR) is 63.5 cm³/mol. The second kappa shape index (κ2) is 4.89. The quantitative estimate of drug-likeness (QED) is 0.337. The van der Waals surface area contributed by atoms with Crippen molar-refractivity contribution in [3.8, 4) is 0 Å². The van der Waals surface area contributed by atoms with E-state index in [2.05, 4.69) is 0 Å². The zero-order valence-electron chi connectivity index (χ0n) is 9.44. The number of hydrogen-bond donors (Lipinski definition) is 2. The zero-order valence-corrected chi connectivity index (χ0v) is 10.2. The Kier molecular flexibility index (Phi) is 3.99. The average Bonchev–Trinajstić information content (AvgIpc) is 2.12. The molecular weight excluding hydrogens is 228 g/mol. The fraction of sp³-hybridized carbons (Fsp3) is 0.545. The van der Waals surface area contributed by atoms with E-state index in [0.29, 0.717) is 18.2 Å². The first kappa shape index (κ1) is 13.1. The van der Waals surface area contributed by atoms with Crippen molar-refractivity contribution >= 4 is 17.6 Å². The summed E-state index contributed by atoms with van der Waals surface area (Å²) in [6.07, 6.45) is 4.56. The molecule has 0 saturated carbocycles. The number of rotatable bonds is 3. The molecule has 0 aromatic rings. The van der Waals surface area contributed by atoms with Gasteiger partial charge in [0.05, 0.1) is 6.61 Å². The van der Waals surface area contributed by atoms with Crippen molar-refractivity contribution in [2.75, 3.05) is 6.61 Å².